The van der Waals surface area contributed by atoms with Gasteiger partial charge in [0.25, 0.3) is 0 Å². The molecule has 0 aliphatic heterocycles. The summed E-state index contributed by atoms with van der Waals surface area (Å²) in [6.45, 7) is 10.3. The van der Waals surface area contributed by atoms with E-state index in [4.69, 9.17) is 0 Å². The van der Waals surface area contributed by atoms with E-state index >= 15 is 0 Å². The van der Waals surface area contributed by atoms with E-state index in [1.54, 1.807) is 0 Å². The topological polar surface area (TPSA) is 29.1 Å². The van der Waals surface area contributed by atoms with Crippen molar-refractivity contribution in [3.63, 3.8) is 0 Å². The molecule has 0 radical (unpaired) electrons. The molecule has 0 spiro atoms. The summed E-state index contributed by atoms with van der Waals surface area (Å²) in [6.07, 6.45) is 2.84. The first kappa shape index (κ1) is 12.5. The number of hydrogen-bond acceptors (Lipinski definition) is 1. The standard InChI is InChI=1S/C11H23NO/c1-6-9(7-2)10(13)12-11(4,5)8-3/h9H,6-8H2,1-5H3,(H,12,13). The van der Waals surface area contributed by atoms with Gasteiger partial charge in [0.1, 0.15) is 0 Å². The maximum absolute atomic E-state index is 11.7. The van der Waals surface area contributed by atoms with Crippen molar-refractivity contribution in [2.24, 2.45) is 5.92 Å². The summed E-state index contributed by atoms with van der Waals surface area (Å²) in [6, 6.07) is 0. The summed E-state index contributed by atoms with van der Waals surface area (Å²) >= 11 is 0. The van der Waals surface area contributed by atoms with Crippen LogP contribution in [0.4, 0.5) is 0 Å². The van der Waals surface area contributed by atoms with E-state index in [1.807, 2.05) is 0 Å². The second-order valence-corrected chi connectivity index (χ2v) is 4.24. The predicted octanol–water partition coefficient (Wildman–Crippen LogP) is 2.73. The molecule has 1 N–H and O–H groups in total. The number of hydrogen-bond donors (Lipinski definition) is 1. The number of rotatable bonds is 5. The Bertz CT molecular complexity index is 159. The fourth-order valence-electron chi connectivity index (χ4n) is 1.18. The van der Waals surface area contributed by atoms with Gasteiger partial charge in [0.2, 0.25) is 5.91 Å². The van der Waals surface area contributed by atoms with Crippen molar-refractivity contribution in [1.82, 2.24) is 5.32 Å². The molecule has 78 valence electrons. The van der Waals surface area contributed by atoms with Crippen molar-refractivity contribution in [3.8, 4) is 0 Å². The van der Waals surface area contributed by atoms with Crippen molar-refractivity contribution in [1.29, 1.82) is 0 Å². The first-order valence-electron chi connectivity index (χ1n) is 5.28. The van der Waals surface area contributed by atoms with Crippen molar-refractivity contribution < 1.29 is 4.79 Å². The summed E-state index contributed by atoms with van der Waals surface area (Å²) in [4.78, 5) is 11.7. The van der Waals surface area contributed by atoms with E-state index in [0.29, 0.717) is 0 Å². The molecule has 13 heavy (non-hydrogen) atoms. The van der Waals surface area contributed by atoms with Gasteiger partial charge >= 0.3 is 0 Å². The van der Waals surface area contributed by atoms with Crippen LogP contribution in [0.25, 0.3) is 0 Å². The van der Waals surface area contributed by atoms with Crippen LogP contribution in [-0.2, 0) is 4.79 Å². The highest BCUT2D eigenvalue weighted by Gasteiger charge is 2.21. The van der Waals surface area contributed by atoms with Crippen molar-refractivity contribution in [2.45, 2.75) is 59.4 Å². The Labute approximate surface area is 82.1 Å². The lowest BCUT2D eigenvalue weighted by atomic mass is 9.97. The van der Waals surface area contributed by atoms with Crippen LogP contribution in [0.5, 0.6) is 0 Å². The van der Waals surface area contributed by atoms with Crippen LogP contribution in [0.15, 0.2) is 0 Å². The number of carbonyl (C=O) groups is 1. The molecule has 0 atom stereocenters. The summed E-state index contributed by atoms with van der Waals surface area (Å²) in [5.74, 6) is 0.391. The molecule has 0 aromatic rings. The number of amides is 1. The van der Waals surface area contributed by atoms with E-state index < -0.39 is 0 Å². The third kappa shape index (κ3) is 4.30. The zero-order valence-electron chi connectivity index (χ0n) is 9.61. The van der Waals surface area contributed by atoms with Gasteiger partial charge in [-0.05, 0) is 33.1 Å². The second kappa shape index (κ2) is 5.25. The minimum absolute atomic E-state index is 0.0559. The van der Waals surface area contributed by atoms with Crippen LogP contribution in [0, 0.1) is 5.92 Å². The molecule has 0 fully saturated rings. The molecule has 2 heteroatoms. The fraction of sp³-hybridized carbons (Fsp3) is 0.909. The van der Waals surface area contributed by atoms with Crippen molar-refractivity contribution >= 4 is 5.91 Å². The predicted molar refractivity (Wildman–Crippen MR) is 56.6 cm³/mol. The molecule has 0 saturated heterocycles. The Morgan fingerprint density at radius 3 is 2.00 bits per heavy atom. The Kier molecular flexibility index (Phi) is 5.04. The molecule has 0 aliphatic rings. The molecule has 0 unspecified atom stereocenters. The van der Waals surface area contributed by atoms with Gasteiger partial charge in [0.15, 0.2) is 0 Å². The highest BCUT2D eigenvalue weighted by molar-refractivity contribution is 5.79. The quantitative estimate of drug-likeness (QED) is 0.701. The Balaban J connectivity index is 4.13. The smallest absolute Gasteiger partial charge is 0.223 e. The highest BCUT2D eigenvalue weighted by Crippen LogP contribution is 2.12. The SMILES string of the molecule is CCC(CC)C(=O)NC(C)(C)CC. The summed E-state index contributed by atoms with van der Waals surface area (Å²) in [5.41, 5.74) is -0.0559. The normalized spacial score (nSPS) is 11.8. The molecule has 0 rings (SSSR count). The van der Waals surface area contributed by atoms with Gasteiger partial charge in [-0.1, -0.05) is 20.8 Å². The molecule has 0 aromatic heterocycles. The Morgan fingerprint density at radius 2 is 1.69 bits per heavy atom. The van der Waals surface area contributed by atoms with Crippen LogP contribution in [-0.4, -0.2) is 11.4 Å². The lowest BCUT2D eigenvalue weighted by Gasteiger charge is -2.26. The average molecular weight is 185 g/mol. The molecule has 0 aliphatic carbocycles. The molecular weight excluding hydrogens is 162 g/mol. The molecule has 0 heterocycles. The molecule has 2 nitrogen and oxygen atoms in total. The van der Waals surface area contributed by atoms with E-state index in [2.05, 4.69) is 39.9 Å². The zero-order valence-corrected chi connectivity index (χ0v) is 9.61. The van der Waals surface area contributed by atoms with Gasteiger partial charge in [-0.2, -0.15) is 0 Å². The summed E-state index contributed by atoms with van der Waals surface area (Å²) in [5, 5.41) is 3.07. The molecule has 0 saturated carbocycles. The van der Waals surface area contributed by atoms with Crippen LogP contribution >= 0.6 is 0 Å². The van der Waals surface area contributed by atoms with Crippen LogP contribution < -0.4 is 5.32 Å². The molecule has 1 amide bonds. The second-order valence-electron chi connectivity index (χ2n) is 4.24. The van der Waals surface area contributed by atoms with Gasteiger partial charge in [-0.15, -0.1) is 0 Å². The highest BCUT2D eigenvalue weighted by atomic mass is 16.2. The van der Waals surface area contributed by atoms with E-state index in [1.165, 1.54) is 0 Å². The van der Waals surface area contributed by atoms with Crippen LogP contribution in [0.3, 0.4) is 0 Å². The third-order valence-electron chi connectivity index (χ3n) is 2.70. The maximum Gasteiger partial charge on any atom is 0.223 e. The van der Waals surface area contributed by atoms with Gasteiger partial charge < -0.3 is 5.32 Å². The van der Waals surface area contributed by atoms with Gasteiger partial charge in [-0.3, -0.25) is 4.79 Å². The number of nitrogens with one attached hydrogen (secondary N) is 1. The summed E-state index contributed by atoms with van der Waals surface area (Å²) in [7, 11) is 0. The third-order valence-corrected chi connectivity index (χ3v) is 2.70. The Morgan fingerprint density at radius 1 is 1.23 bits per heavy atom. The molecule has 0 bridgehead atoms. The summed E-state index contributed by atoms with van der Waals surface area (Å²) < 4.78 is 0. The first-order chi connectivity index (χ1) is 5.96. The zero-order chi connectivity index (χ0) is 10.5. The van der Waals surface area contributed by atoms with Gasteiger partial charge in [0.05, 0.1) is 0 Å². The number of carbonyl (C=O) groups excluding carboxylic acids is 1. The van der Waals surface area contributed by atoms with E-state index in [9.17, 15) is 4.79 Å². The van der Waals surface area contributed by atoms with Gasteiger partial charge in [0, 0.05) is 11.5 Å². The minimum Gasteiger partial charge on any atom is -0.351 e. The average Bonchev–Trinajstić information content (AvgIpc) is 2.06. The molecule has 0 aromatic carbocycles. The van der Waals surface area contributed by atoms with Crippen LogP contribution in [0.1, 0.15) is 53.9 Å². The largest absolute Gasteiger partial charge is 0.351 e. The van der Waals surface area contributed by atoms with E-state index in [0.717, 1.165) is 19.3 Å². The van der Waals surface area contributed by atoms with Crippen LogP contribution in [0.2, 0.25) is 0 Å². The Hall–Kier alpha value is -0.530. The lowest BCUT2D eigenvalue weighted by molar-refractivity contribution is -0.126. The lowest BCUT2D eigenvalue weighted by Crippen LogP contribution is -2.45. The monoisotopic (exact) mass is 185 g/mol. The first-order valence-corrected chi connectivity index (χ1v) is 5.28. The van der Waals surface area contributed by atoms with Crippen molar-refractivity contribution in [3.05, 3.63) is 0 Å². The molecular formula is C11H23NO. The van der Waals surface area contributed by atoms with Crippen molar-refractivity contribution in [2.75, 3.05) is 0 Å². The minimum atomic E-state index is -0.0559. The van der Waals surface area contributed by atoms with Gasteiger partial charge in [-0.25, -0.2) is 0 Å². The van der Waals surface area contributed by atoms with E-state index in [-0.39, 0.29) is 17.4 Å². The fourth-order valence-corrected chi connectivity index (χ4v) is 1.18. The maximum atomic E-state index is 11.7.